The molecule has 1 heterocycles. The van der Waals surface area contributed by atoms with Gasteiger partial charge in [0.25, 0.3) is 0 Å². The number of morpholine rings is 1. The third-order valence-electron chi connectivity index (χ3n) is 3.62. The van der Waals surface area contributed by atoms with Crippen LogP contribution in [0.5, 0.6) is 0 Å². The fourth-order valence-corrected chi connectivity index (χ4v) is 2.73. The summed E-state index contributed by atoms with van der Waals surface area (Å²) in [5, 5.41) is 0. The monoisotopic (exact) mass is 330 g/mol. The van der Waals surface area contributed by atoms with Gasteiger partial charge in [0, 0.05) is 25.7 Å². The van der Waals surface area contributed by atoms with Gasteiger partial charge in [0.05, 0.1) is 17.2 Å². The number of benzene rings is 1. The Bertz CT molecular complexity index is 430. The van der Waals surface area contributed by atoms with Gasteiger partial charge in [-0.05, 0) is 40.0 Å². The number of hydrogen-bond donors (Lipinski definition) is 1. The first-order valence-electron chi connectivity index (χ1n) is 6.66. The molecule has 19 heavy (non-hydrogen) atoms. The van der Waals surface area contributed by atoms with Crippen molar-refractivity contribution in [2.75, 3.05) is 26.2 Å². The molecular weight excluding hydrogens is 311 g/mol. The largest absolute Gasteiger partial charge is 0.376 e. The Morgan fingerprint density at radius 1 is 1.58 bits per heavy atom. The van der Waals surface area contributed by atoms with Crippen molar-refractivity contribution in [3.8, 4) is 0 Å². The minimum absolute atomic E-state index is 0.0561. The van der Waals surface area contributed by atoms with Gasteiger partial charge in [0.1, 0.15) is 5.82 Å². The molecule has 2 unspecified atom stereocenters. The van der Waals surface area contributed by atoms with Crippen molar-refractivity contribution in [3.63, 3.8) is 0 Å². The SMILES string of the molecule is CCC1CN(C(CN)c2ccc(Br)c(F)c2)CCO1. The van der Waals surface area contributed by atoms with Crippen molar-refractivity contribution in [1.82, 2.24) is 4.90 Å². The van der Waals surface area contributed by atoms with Crippen molar-refractivity contribution in [2.45, 2.75) is 25.5 Å². The highest BCUT2D eigenvalue weighted by Crippen LogP contribution is 2.26. The van der Waals surface area contributed by atoms with E-state index in [1.165, 1.54) is 0 Å². The third-order valence-corrected chi connectivity index (χ3v) is 4.26. The summed E-state index contributed by atoms with van der Waals surface area (Å²) in [4.78, 5) is 2.29. The predicted molar refractivity (Wildman–Crippen MR) is 77.5 cm³/mol. The first-order chi connectivity index (χ1) is 9.15. The quantitative estimate of drug-likeness (QED) is 0.922. The van der Waals surface area contributed by atoms with Gasteiger partial charge in [0.15, 0.2) is 0 Å². The molecule has 0 saturated carbocycles. The van der Waals surface area contributed by atoms with Crippen LogP contribution in [0.3, 0.4) is 0 Å². The molecule has 1 aliphatic heterocycles. The van der Waals surface area contributed by atoms with Gasteiger partial charge in [0.2, 0.25) is 0 Å². The molecule has 2 rings (SSSR count). The van der Waals surface area contributed by atoms with Gasteiger partial charge in [-0.25, -0.2) is 4.39 Å². The summed E-state index contributed by atoms with van der Waals surface area (Å²) in [6, 6.07) is 5.30. The molecule has 0 aliphatic carbocycles. The maximum Gasteiger partial charge on any atom is 0.137 e. The van der Waals surface area contributed by atoms with E-state index in [2.05, 4.69) is 27.8 Å². The summed E-state index contributed by atoms with van der Waals surface area (Å²) in [6.45, 7) is 5.02. The summed E-state index contributed by atoms with van der Waals surface area (Å²) >= 11 is 3.18. The Kier molecular flexibility index (Phi) is 5.33. The van der Waals surface area contributed by atoms with Gasteiger partial charge in [-0.2, -0.15) is 0 Å². The molecule has 0 spiro atoms. The Labute approximate surface area is 122 Å². The maximum absolute atomic E-state index is 13.7. The van der Waals surface area contributed by atoms with Gasteiger partial charge in [-0.15, -0.1) is 0 Å². The Hall–Kier alpha value is -0.490. The molecule has 0 bridgehead atoms. The van der Waals surface area contributed by atoms with E-state index in [-0.39, 0.29) is 18.0 Å². The lowest BCUT2D eigenvalue weighted by Gasteiger charge is -2.37. The fourth-order valence-electron chi connectivity index (χ4n) is 2.49. The van der Waals surface area contributed by atoms with Crippen LogP contribution in [0.1, 0.15) is 24.9 Å². The zero-order valence-electron chi connectivity index (χ0n) is 11.1. The van der Waals surface area contributed by atoms with Gasteiger partial charge < -0.3 is 10.5 Å². The summed E-state index contributed by atoms with van der Waals surface area (Å²) in [5.74, 6) is -0.240. The molecule has 0 radical (unpaired) electrons. The molecule has 3 nitrogen and oxygen atoms in total. The molecule has 0 aromatic heterocycles. The summed E-state index contributed by atoms with van der Waals surface area (Å²) in [6.07, 6.45) is 1.24. The van der Waals surface area contributed by atoms with Crippen LogP contribution < -0.4 is 5.73 Å². The number of nitrogens with zero attached hydrogens (tertiary/aromatic N) is 1. The van der Waals surface area contributed by atoms with E-state index in [4.69, 9.17) is 10.5 Å². The molecule has 1 aliphatic rings. The second-order valence-corrected chi connectivity index (χ2v) is 5.68. The van der Waals surface area contributed by atoms with Crippen molar-refractivity contribution < 1.29 is 9.13 Å². The summed E-state index contributed by atoms with van der Waals surface area (Å²) < 4.78 is 19.8. The second-order valence-electron chi connectivity index (χ2n) is 4.82. The van der Waals surface area contributed by atoms with Crippen LogP contribution in [0.25, 0.3) is 0 Å². The van der Waals surface area contributed by atoms with Crippen LogP contribution in [-0.2, 0) is 4.74 Å². The van der Waals surface area contributed by atoms with Gasteiger partial charge in [-0.1, -0.05) is 13.0 Å². The third kappa shape index (κ3) is 3.54. The van der Waals surface area contributed by atoms with Crippen LogP contribution in [0, 0.1) is 5.82 Å². The van der Waals surface area contributed by atoms with Crippen LogP contribution in [0.2, 0.25) is 0 Å². The number of ether oxygens (including phenoxy) is 1. The summed E-state index contributed by atoms with van der Waals surface area (Å²) in [7, 11) is 0. The van der Waals surface area contributed by atoms with Crippen LogP contribution in [-0.4, -0.2) is 37.2 Å². The van der Waals surface area contributed by atoms with E-state index in [1.807, 2.05) is 6.07 Å². The van der Waals surface area contributed by atoms with E-state index in [0.29, 0.717) is 17.6 Å². The predicted octanol–water partition coefficient (Wildman–Crippen LogP) is 2.70. The van der Waals surface area contributed by atoms with Crippen LogP contribution in [0.15, 0.2) is 22.7 Å². The molecule has 1 aromatic carbocycles. The van der Waals surface area contributed by atoms with Crippen LogP contribution in [0.4, 0.5) is 4.39 Å². The number of hydrogen-bond acceptors (Lipinski definition) is 3. The topological polar surface area (TPSA) is 38.5 Å². The molecule has 5 heteroatoms. The lowest BCUT2D eigenvalue weighted by atomic mass is 10.0. The Balaban J connectivity index is 2.16. The first kappa shape index (κ1) is 14.9. The molecule has 2 N–H and O–H groups in total. The van der Waals surface area contributed by atoms with Crippen molar-refractivity contribution >= 4 is 15.9 Å². The zero-order valence-corrected chi connectivity index (χ0v) is 12.7. The van der Waals surface area contributed by atoms with Gasteiger partial charge >= 0.3 is 0 Å². The number of halogens is 2. The molecular formula is C14H20BrFN2O. The maximum atomic E-state index is 13.7. The minimum atomic E-state index is -0.240. The number of nitrogens with two attached hydrogens (primary N) is 1. The Morgan fingerprint density at radius 2 is 2.37 bits per heavy atom. The highest BCUT2D eigenvalue weighted by molar-refractivity contribution is 9.10. The van der Waals surface area contributed by atoms with E-state index >= 15 is 0 Å². The fraction of sp³-hybridized carbons (Fsp3) is 0.571. The molecule has 1 aromatic rings. The number of rotatable bonds is 4. The van der Waals surface area contributed by atoms with Crippen molar-refractivity contribution in [2.24, 2.45) is 5.73 Å². The standard InChI is InChI=1S/C14H20BrFN2O/c1-2-11-9-18(5-6-19-11)14(8-17)10-3-4-12(15)13(16)7-10/h3-4,7,11,14H,2,5-6,8-9,17H2,1H3. The van der Waals surface area contributed by atoms with E-state index in [9.17, 15) is 4.39 Å². The summed E-state index contributed by atoms with van der Waals surface area (Å²) in [5.41, 5.74) is 6.82. The first-order valence-corrected chi connectivity index (χ1v) is 7.45. The molecule has 1 fully saturated rings. The highest BCUT2D eigenvalue weighted by atomic mass is 79.9. The molecule has 2 atom stereocenters. The second kappa shape index (κ2) is 6.79. The van der Waals surface area contributed by atoms with Crippen LogP contribution >= 0.6 is 15.9 Å². The van der Waals surface area contributed by atoms with Crippen molar-refractivity contribution in [1.29, 1.82) is 0 Å². The Morgan fingerprint density at radius 3 is 3.00 bits per heavy atom. The van der Waals surface area contributed by atoms with Crippen molar-refractivity contribution in [3.05, 3.63) is 34.1 Å². The average molecular weight is 331 g/mol. The van der Waals surface area contributed by atoms with E-state index in [0.717, 1.165) is 25.1 Å². The lowest BCUT2D eigenvalue weighted by molar-refractivity contribution is -0.0437. The minimum Gasteiger partial charge on any atom is -0.376 e. The molecule has 106 valence electrons. The normalized spacial score (nSPS) is 22.4. The zero-order chi connectivity index (χ0) is 13.8. The highest BCUT2D eigenvalue weighted by Gasteiger charge is 2.26. The lowest BCUT2D eigenvalue weighted by Crippen LogP contribution is -2.46. The van der Waals surface area contributed by atoms with E-state index < -0.39 is 0 Å². The molecule has 0 amide bonds. The van der Waals surface area contributed by atoms with E-state index in [1.54, 1.807) is 12.1 Å². The molecule has 1 saturated heterocycles. The average Bonchev–Trinajstić information content (AvgIpc) is 2.44. The van der Waals surface area contributed by atoms with Gasteiger partial charge in [-0.3, -0.25) is 4.90 Å². The smallest absolute Gasteiger partial charge is 0.137 e.